The van der Waals surface area contributed by atoms with Crippen LogP contribution in [-0.2, 0) is 13.6 Å². The third-order valence-electron chi connectivity index (χ3n) is 3.76. The molecule has 3 aromatic rings. The van der Waals surface area contributed by atoms with Crippen LogP contribution < -0.4 is 5.32 Å². The summed E-state index contributed by atoms with van der Waals surface area (Å²) in [6.07, 6.45) is 3.59. The van der Waals surface area contributed by atoms with Gasteiger partial charge >= 0.3 is 0 Å². The molecule has 0 saturated carbocycles. The minimum absolute atomic E-state index is 0.237. The summed E-state index contributed by atoms with van der Waals surface area (Å²) in [5.41, 5.74) is 3.12. The van der Waals surface area contributed by atoms with Gasteiger partial charge in [0.2, 0.25) is 0 Å². The molecule has 3 rings (SSSR count). The number of hydrogen-bond donors (Lipinski definition) is 1. The highest BCUT2D eigenvalue weighted by molar-refractivity contribution is 5.57. The molecule has 0 atom stereocenters. The number of nitrogens with one attached hydrogen (secondary N) is 1. The van der Waals surface area contributed by atoms with E-state index in [0.717, 1.165) is 22.6 Å². The molecule has 0 bridgehead atoms. The van der Waals surface area contributed by atoms with Crippen LogP contribution in [0.15, 0.2) is 29.0 Å². The first-order chi connectivity index (χ1) is 11.0. The third kappa shape index (κ3) is 3.23. The zero-order chi connectivity index (χ0) is 16.4. The molecule has 3 heterocycles. The molecule has 23 heavy (non-hydrogen) atoms. The number of pyridine rings is 1. The molecule has 0 radical (unpaired) electrons. The van der Waals surface area contributed by atoms with E-state index in [9.17, 15) is 0 Å². The summed E-state index contributed by atoms with van der Waals surface area (Å²) in [4.78, 5) is 8.74. The number of aryl methyl sites for hydroxylation is 1. The van der Waals surface area contributed by atoms with Gasteiger partial charge in [0.25, 0.3) is 5.89 Å². The monoisotopic (exact) mass is 312 g/mol. The SMILES string of the molecule is Cc1c(CNc2cc(-c3nc(C(C)C)no3)ccn2)cnn1C. The maximum Gasteiger partial charge on any atom is 0.258 e. The van der Waals surface area contributed by atoms with Crippen LogP contribution in [0.2, 0.25) is 0 Å². The van der Waals surface area contributed by atoms with Gasteiger partial charge in [-0.1, -0.05) is 19.0 Å². The Bertz CT molecular complexity index is 805. The normalized spacial score (nSPS) is 11.2. The van der Waals surface area contributed by atoms with E-state index in [1.807, 2.05) is 50.8 Å². The Hall–Kier alpha value is -2.70. The van der Waals surface area contributed by atoms with Crippen molar-refractivity contribution >= 4 is 5.82 Å². The summed E-state index contributed by atoms with van der Waals surface area (Å²) in [5, 5.41) is 11.5. The van der Waals surface area contributed by atoms with Crippen LogP contribution in [0.5, 0.6) is 0 Å². The molecule has 1 N–H and O–H groups in total. The Morgan fingerprint density at radius 1 is 1.35 bits per heavy atom. The molecule has 0 aliphatic heterocycles. The lowest BCUT2D eigenvalue weighted by molar-refractivity contribution is 0.419. The number of rotatable bonds is 5. The quantitative estimate of drug-likeness (QED) is 0.780. The first kappa shape index (κ1) is 15.2. The molecule has 0 amide bonds. The van der Waals surface area contributed by atoms with Crippen LogP contribution >= 0.6 is 0 Å². The molecule has 0 spiro atoms. The second-order valence-electron chi connectivity index (χ2n) is 5.77. The van der Waals surface area contributed by atoms with E-state index in [1.165, 1.54) is 0 Å². The molecule has 0 aliphatic rings. The first-order valence-electron chi connectivity index (χ1n) is 7.56. The van der Waals surface area contributed by atoms with Gasteiger partial charge in [-0.2, -0.15) is 10.1 Å². The van der Waals surface area contributed by atoms with Crippen LogP contribution in [0.1, 0.15) is 36.8 Å². The Balaban J connectivity index is 1.75. The Morgan fingerprint density at radius 3 is 2.83 bits per heavy atom. The molecule has 7 nitrogen and oxygen atoms in total. The second kappa shape index (κ2) is 6.20. The van der Waals surface area contributed by atoms with Gasteiger partial charge in [-0.05, 0) is 19.1 Å². The van der Waals surface area contributed by atoms with E-state index in [2.05, 4.69) is 25.5 Å². The van der Waals surface area contributed by atoms with Crippen molar-refractivity contribution < 1.29 is 4.52 Å². The average molecular weight is 312 g/mol. The largest absolute Gasteiger partial charge is 0.366 e. The van der Waals surface area contributed by atoms with Crippen LogP contribution in [-0.4, -0.2) is 24.9 Å². The van der Waals surface area contributed by atoms with E-state index < -0.39 is 0 Å². The van der Waals surface area contributed by atoms with Gasteiger partial charge in [-0.25, -0.2) is 4.98 Å². The Morgan fingerprint density at radius 2 is 2.17 bits per heavy atom. The molecule has 0 aromatic carbocycles. The fourth-order valence-electron chi connectivity index (χ4n) is 2.15. The minimum Gasteiger partial charge on any atom is -0.366 e. The number of hydrogen-bond acceptors (Lipinski definition) is 6. The summed E-state index contributed by atoms with van der Waals surface area (Å²) >= 11 is 0. The average Bonchev–Trinajstić information content (AvgIpc) is 3.15. The smallest absolute Gasteiger partial charge is 0.258 e. The Labute approximate surface area is 134 Å². The van der Waals surface area contributed by atoms with Gasteiger partial charge < -0.3 is 9.84 Å². The molecular weight excluding hydrogens is 292 g/mol. The first-order valence-corrected chi connectivity index (χ1v) is 7.56. The lowest BCUT2D eigenvalue weighted by atomic mass is 10.2. The van der Waals surface area contributed by atoms with Gasteiger partial charge in [0.1, 0.15) is 5.82 Å². The summed E-state index contributed by atoms with van der Waals surface area (Å²) in [5.74, 6) is 2.21. The fourth-order valence-corrected chi connectivity index (χ4v) is 2.15. The third-order valence-corrected chi connectivity index (χ3v) is 3.76. The summed E-state index contributed by atoms with van der Waals surface area (Å²) in [7, 11) is 1.93. The van der Waals surface area contributed by atoms with E-state index in [4.69, 9.17) is 4.52 Å². The topological polar surface area (TPSA) is 81.7 Å². The van der Waals surface area contributed by atoms with Crippen LogP contribution in [0.3, 0.4) is 0 Å². The van der Waals surface area contributed by atoms with Crippen LogP contribution in [0.25, 0.3) is 11.5 Å². The number of aromatic nitrogens is 5. The number of nitrogens with zero attached hydrogens (tertiary/aromatic N) is 5. The molecule has 3 aromatic heterocycles. The summed E-state index contributed by atoms with van der Waals surface area (Å²) < 4.78 is 7.18. The van der Waals surface area contributed by atoms with Crippen LogP contribution in [0.4, 0.5) is 5.82 Å². The van der Waals surface area contributed by atoms with Crippen molar-refractivity contribution in [1.29, 1.82) is 0 Å². The molecule has 7 heteroatoms. The lowest BCUT2D eigenvalue weighted by Crippen LogP contribution is -2.03. The second-order valence-corrected chi connectivity index (χ2v) is 5.77. The molecule has 0 saturated heterocycles. The van der Waals surface area contributed by atoms with Gasteiger partial charge in [0, 0.05) is 42.5 Å². The lowest BCUT2D eigenvalue weighted by Gasteiger charge is -2.06. The minimum atomic E-state index is 0.237. The van der Waals surface area contributed by atoms with Crippen molar-refractivity contribution in [3.8, 4) is 11.5 Å². The zero-order valence-electron chi connectivity index (χ0n) is 13.7. The van der Waals surface area contributed by atoms with Gasteiger partial charge in [-0.15, -0.1) is 0 Å². The summed E-state index contributed by atoms with van der Waals surface area (Å²) in [6.45, 7) is 6.77. The highest BCUT2D eigenvalue weighted by atomic mass is 16.5. The molecule has 0 unspecified atom stereocenters. The zero-order valence-corrected chi connectivity index (χ0v) is 13.7. The van der Waals surface area contributed by atoms with Gasteiger partial charge in [0.15, 0.2) is 5.82 Å². The van der Waals surface area contributed by atoms with Crippen LogP contribution in [0, 0.1) is 6.92 Å². The van der Waals surface area contributed by atoms with Crippen molar-refractivity contribution in [3.63, 3.8) is 0 Å². The van der Waals surface area contributed by atoms with Crippen molar-refractivity contribution in [2.45, 2.75) is 33.2 Å². The maximum absolute atomic E-state index is 5.32. The van der Waals surface area contributed by atoms with Crippen molar-refractivity contribution in [3.05, 3.63) is 41.6 Å². The standard InChI is InChI=1S/C16H20N6O/c1-10(2)15-20-16(23-21-15)12-5-6-17-14(7-12)18-8-13-9-19-22(4)11(13)3/h5-7,9-10H,8H2,1-4H3,(H,17,18). The fraction of sp³-hybridized carbons (Fsp3) is 0.375. The van der Waals surface area contributed by atoms with Crippen molar-refractivity contribution in [2.75, 3.05) is 5.32 Å². The highest BCUT2D eigenvalue weighted by Gasteiger charge is 2.12. The van der Waals surface area contributed by atoms with E-state index in [1.54, 1.807) is 6.20 Å². The molecule has 0 aliphatic carbocycles. The van der Waals surface area contributed by atoms with E-state index in [0.29, 0.717) is 18.3 Å². The predicted molar refractivity (Wildman–Crippen MR) is 86.9 cm³/mol. The van der Waals surface area contributed by atoms with E-state index in [-0.39, 0.29) is 5.92 Å². The molecule has 0 fully saturated rings. The molecule has 120 valence electrons. The van der Waals surface area contributed by atoms with Crippen molar-refractivity contribution in [2.24, 2.45) is 7.05 Å². The predicted octanol–water partition coefficient (Wildman–Crippen LogP) is 2.91. The molecular formula is C16H20N6O. The van der Waals surface area contributed by atoms with Gasteiger partial charge in [0.05, 0.1) is 6.20 Å². The van der Waals surface area contributed by atoms with E-state index >= 15 is 0 Å². The van der Waals surface area contributed by atoms with Gasteiger partial charge in [-0.3, -0.25) is 4.68 Å². The van der Waals surface area contributed by atoms with Crippen molar-refractivity contribution in [1.82, 2.24) is 24.9 Å². The summed E-state index contributed by atoms with van der Waals surface area (Å²) in [6, 6.07) is 3.77. The maximum atomic E-state index is 5.32. The highest BCUT2D eigenvalue weighted by Crippen LogP contribution is 2.22. The Kier molecular flexibility index (Phi) is 4.10. The number of anilines is 1.